The fourth-order valence-electron chi connectivity index (χ4n) is 1.39. The van der Waals surface area contributed by atoms with Gasteiger partial charge < -0.3 is 4.74 Å². The highest BCUT2D eigenvalue weighted by atomic mass is 79.9. The molecule has 0 amide bonds. The van der Waals surface area contributed by atoms with Crippen LogP contribution in [0.15, 0.2) is 35.1 Å². The van der Waals surface area contributed by atoms with Crippen molar-refractivity contribution < 1.29 is 4.74 Å². The van der Waals surface area contributed by atoms with Crippen LogP contribution in [0, 0.1) is 0 Å². The van der Waals surface area contributed by atoms with Gasteiger partial charge in [0, 0.05) is 4.47 Å². The first-order chi connectivity index (χ1) is 8.74. The van der Waals surface area contributed by atoms with Gasteiger partial charge in [-0.25, -0.2) is 0 Å². The van der Waals surface area contributed by atoms with Gasteiger partial charge in [0.15, 0.2) is 0 Å². The number of halogens is 2. The molecule has 18 heavy (non-hydrogen) atoms. The Morgan fingerprint density at radius 1 is 1.28 bits per heavy atom. The number of hydrogen-bond donors (Lipinski definition) is 0. The van der Waals surface area contributed by atoms with Crippen molar-refractivity contribution in [2.75, 3.05) is 0 Å². The number of fused-ring (bicyclic) bond motifs is 1. The van der Waals surface area contributed by atoms with Gasteiger partial charge in [0.2, 0.25) is 11.5 Å². The predicted octanol–water partition coefficient (Wildman–Crippen LogP) is 2.73. The van der Waals surface area contributed by atoms with Crippen molar-refractivity contribution in [3.05, 3.63) is 40.1 Å². The van der Waals surface area contributed by atoms with Gasteiger partial charge in [-0.05, 0) is 28.6 Å². The Balaban J connectivity index is 2.06. The zero-order valence-corrected chi connectivity index (χ0v) is 11.1. The summed E-state index contributed by atoms with van der Waals surface area (Å²) in [7, 11) is 0. The fraction of sp³-hybridized carbons (Fsp3) is 0. The molecule has 0 bridgehead atoms. The van der Waals surface area contributed by atoms with Gasteiger partial charge in [-0.15, -0.1) is 5.10 Å². The Morgan fingerprint density at radius 3 is 3.06 bits per heavy atom. The molecule has 6 nitrogen and oxygen atoms in total. The molecule has 1 aromatic carbocycles. The molecule has 3 aromatic rings. The molecule has 0 N–H and O–H groups in total. The third kappa shape index (κ3) is 2.02. The summed E-state index contributed by atoms with van der Waals surface area (Å²) in [6, 6.07) is 5.31. The molecule has 0 aliphatic rings. The molecule has 0 aliphatic carbocycles. The first kappa shape index (κ1) is 11.4. The molecule has 0 radical (unpaired) electrons. The second-order valence-electron chi connectivity index (χ2n) is 3.37. The quantitative estimate of drug-likeness (QED) is 0.724. The highest BCUT2D eigenvalue weighted by molar-refractivity contribution is 9.10. The second kappa shape index (κ2) is 4.51. The van der Waals surface area contributed by atoms with E-state index in [0.29, 0.717) is 22.3 Å². The first-order valence-corrected chi connectivity index (χ1v) is 6.06. The number of aromatic nitrogens is 5. The van der Waals surface area contributed by atoms with Crippen molar-refractivity contribution in [2.45, 2.75) is 0 Å². The van der Waals surface area contributed by atoms with Crippen LogP contribution >= 0.6 is 27.5 Å². The number of tetrazole rings is 1. The molecule has 3 rings (SSSR count). The average molecular weight is 327 g/mol. The number of ether oxygens (including phenoxy) is 1. The lowest BCUT2D eigenvalue weighted by Crippen LogP contribution is -1.97. The Hall–Kier alpha value is -1.73. The van der Waals surface area contributed by atoms with E-state index in [1.165, 1.54) is 16.9 Å². The fourth-order valence-corrected chi connectivity index (χ4v) is 1.89. The largest absolute Gasteiger partial charge is 0.436 e. The lowest BCUT2D eigenvalue weighted by molar-refractivity contribution is 0.442. The molecular formula is C10H5BrClN5O. The van der Waals surface area contributed by atoms with Crippen LogP contribution in [0.5, 0.6) is 11.6 Å². The molecule has 0 unspecified atom stereocenters. The summed E-state index contributed by atoms with van der Waals surface area (Å²) in [4.78, 5) is 3.99. The van der Waals surface area contributed by atoms with Crippen molar-refractivity contribution in [1.82, 2.24) is 25.0 Å². The summed E-state index contributed by atoms with van der Waals surface area (Å²) in [5.74, 6) is 0.883. The van der Waals surface area contributed by atoms with Crippen LogP contribution in [0.3, 0.4) is 0 Å². The maximum absolute atomic E-state index is 6.04. The van der Waals surface area contributed by atoms with Crippen LogP contribution in [0.25, 0.3) is 5.65 Å². The summed E-state index contributed by atoms with van der Waals surface area (Å²) >= 11 is 9.39. The van der Waals surface area contributed by atoms with E-state index in [-0.39, 0.29) is 0 Å². The Bertz CT molecular complexity index is 716. The summed E-state index contributed by atoms with van der Waals surface area (Å²) < 4.78 is 7.95. The maximum Gasteiger partial charge on any atom is 0.242 e. The monoisotopic (exact) mass is 325 g/mol. The van der Waals surface area contributed by atoms with Crippen LogP contribution in [0.1, 0.15) is 0 Å². The lowest BCUT2D eigenvalue weighted by atomic mass is 10.3. The zero-order valence-electron chi connectivity index (χ0n) is 8.79. The minimum Gasteiger partial charge on any atom is -0.436 e. The number of hydrogen-bond acceptors (Lipinski definition) is 5. The van der Waals surface area contributed by atoms with E-state index < -0.39 is 0 Å². The van der Waals surface area contributed by atoms with E-state index in [0.717, 1.165) is 4.47 Å². The Kier molecular flexibility index (Phi) is 2.85. The van der Waals surface area contributed by atoms with Crippen molar-refractivity contribution in [3.8, 4) is 11.6 Å². The normalized spacial score (nSPS) is 10.8. The Morgan fingerprint density at radius 2 is 2.17 bits per heavy atom. The highest BCUT2D eigenvalue weighted by Gasteiger charge is 2.09. The van der Waals surface area contributed by atoms with Crippen LogP contribution in [-0.2, 0) is 0 Å². The van der Waals surface area contributed by atoms with Crippen LogP contribution < -0.4 is 4.74 Å². The van der Waals surface area contributed by atoms with E-state index >= 15 is 0 Å². The number of benzene rings is 1. The van der Waals surface area contributed by atoms with Gasteiger partial charge >= 0.3 is 0 Å². The maximum atomic E-state index is 6.04. The summed E-state index contributed by atoms with van der Waals surface area (Å²) in [6.07, 6.45) is 3.05. The summed E-state index contributed by atoms with van der Waals surface area (Å²) in [6.45, 7) is 0. The smallest absolute Gasteiger partial charge is 0.242 e. The van der Waals surface area contributed by atoms with Gasteiger partial charge in [-0.3, -0.25) is 4.98 Å². The van der Waals surface area contributed by atoms with E-state index in [2.05, 4.69) is 36.4 Å². The van der Waals surface area contributed by atoms with Gasteiger partial charge in [0.05, 0.1) is 17.4 Å². The molecule has 0 saturated heterocycles. The van der Waals surface area contributed by atoms with Crippen molar-refractivity contribution >= 4 is 33.2 Å². The SMILES string of the molecule is Clc1ccc(Br)cc1Oc1cncc2nnnn12. The molecular weight excluding hydrogens is 322 g/mol. The van der Waals surface area contributed by atoms with E-state index in [1.807, 2.05) is 6.07 Å². The Labute approximate surface area is 115 Å². The molecule has 2 aromatic heterocycles. The summed E-state index contributed by atoms with van der Waals surface area (Å²) in [5, 5.41) is 11.6. The molecule has 2 heterocycles. The highest BCUT2D eigenvalue weighted by Crippen LogP contribution is 2.31. The van der Waals surface area contributed by atoms with Crippen molar-refractivity contribution in [3.63, 3.8) is 0 Å². The topological polar surface area (TPSA) is 65.2 Å². The van der Waals surface area contributed by atoms with Gasteiger partial charge in [-0.2, -0.15) is 4.52 Å². The van der Waals surface area contributed by atoms with Crippen LogP contribution in [0.2, 0.25) is 5.02 Å². The average Bonchev–Trinajstić information content (AvgIpc) is 2.83. The second-order valence-corrected chi connectivity index (χ2v) is 4.69. The minimum atomic E-state index is 0.387. The zero-order chi connectivity index (χ0) is 12.5. The van der Waals surface area contributed by atoms with Crippen LogP contribution in [-0.4, -0.2) is 25.0 Å². The lowest BCUT2D eigenvalue weighted by Gasteiger charge is -2.07. The van der Waals surface area contributed by atoms with Gasteiger partial charge in [0.1, 0.15) is 5.75 Å². The van der Waals surface area contributed by atoms with Crippen LogP contribution in [0.4, 0.5) is 0 Å². The molecule has 0 fully saturated rings. The molecule has 0 atom stereocenters. The molecule has 90 valence electrons. The third-order valence-electron chi connectivity index (χ3n) is 2.19. The minimum absolute atomic E-state index is 0.387. The number of rotatable bonds is 2. The molecule has 8 heteroatoms. The molecule has 0 spiro atoms. The first-order valence-electron chi connectivity index (χ1n) is 4.89. The van der Waals surface area contributed by atoms with Gasteiger partial charge in [-0.1, -0.05) is 27.5 Å². The molecule has 0 saturated carbocycles. The van der Waals surface area contributed by atoms with Gasteiger partial charge in [0.25, 0.3) is 0 Å². The molecule has 0 aliphatic heterocycles. The summed E-state index contributed by atoms with van der Waals surface area (Å²) in [5.41, 5.74) is 0.499. The van der Waals surface area contributed by atoms with E-state index in [9.17, 15) is 0 Å². The number of nitrogens with zero attached hydrogens (tertiary/aromatic N) is 5. The van der Waals surface area contributed by atoms with Crippen molar-refractivity contribution in [2.24, 2.45) is 0 Å². The van der Waals surface area contributed by atoms with E-state index in [1.54, 1.807) is 12.1 Å². The predicted molar refractivity (Wildman–Crippen MR) is 67.8 cm³/mol. The van der Waals surface area contributed by atoms with Crippen molar-refractivity contribution in [1.29, 1.82) is 0 Å². The van der Waals surface area contributed by atoms with E-state index in [4.69, 9.17) is 16.3 Å². The third-order valence-corrected chi connectivity index (χ3v) is 2.99. The standard InChI is InChI=1S/C10H5BrClN5O/c11-6-1-2-7(12)8(3-6)18-10-5-13-4-9-14-15-16-17(9)10/h1-5H.